The van der Waals surface area contributed by atoms with Crippen LogP contribution in [-0.4, -0.2) is 51.5 Å². The molecule has 35 heavy (non-hydrogen) atoms. The Labute approximate surface area is 205 Å². The molecule has 9 heteroatoms. The van der Waals surface area contributed by atoms with Gasteiger partial charge >= 0.3 is 0 Å². The van der Waals surface area contributed by atoms with Crippen LogP contribution in [0.4, 0.5) is 5.69 Å². The second-order valence-electron chi connectivity index (χ2n) is 7.98. The average molecular weight is 497 g/mol. The summed E-state index contributed by atoms with van der Waals surface area (Å²) in [6.07, 6.45) is 0. The smallest absolute Gasteiger partial charge is 0.255 e. The molecule has 1 aliphatic rings. The van der Waals surface area contributed by atoms with Crippen LogP contribution >= 0.6 is 0 Å². The normalized spacial score (nSPS) is 14.3. The topological polar surface area (TPSA) is 94.2 Å². The largest absolute Gasteiger partial charge is 0.494 e. The zero-order valence-electron chi connectivity index (χ0n) is 19.7. The lowest BCUT2D eigenvalue weighted by atomic mass is 10.1. The predicted octanol–water partition coefficient (Wildman–Crippen LogP) is 4.46. The molecule has 3 aromatic carbocycles. The SMILES string of the molecule is CCOc1ccc(Oc2ccc(NC(=O)c3cc(S(=O)(=O)N4CCOCC4)ccc3C)cc2)cc1. The summed E-state index contributed by atoms with van der Waals surface area (Å²) < 4.78 is 43.9. The minimum Gasteiger partial charge on any atom is -0.494 e. The number of nitrogens with zero attached hydrogens (tertiary/aromatic N) is 1. The first-order valence-corrected chi connectivity index (χ1v) is 12.8. The molecular weight excluding hydrogens is 468 g/mol. The van der Waals surface area contributed by atoms with Gasteiger partial charge in [0.25, 0.3) is 5.91 Å². The lowest BCUT2D eigenvalue weighted by Crippen LogP contribution is -2.40. The Bertz CT molecular complexity index is 1270. The van der Waals surface area contributed by atoms with Gasteiger partial charge < -0.3 is 19.5 Å². The number of amides is 1. The molecule has 4 rings (SSSR count). The van der Waals surface area contributed by atoms with E-state index in [9.17, 15) is 13.2 Å². The molecule has 1 N–H and O–H groups in total. The summed E-state index contributed by atoms with van der Waals surface area (Å²) in [6.45, 7) is 5.60. The molecule has 0 spiro atoms. The number of benzene rings is 3. The highest BCUT2D eigenvalue weighted by Crippen LogP contribution is 2.26. The van der Waals surface area contributed by atoms with Gasteiger partial charge in [-0.15, -0.1) is 0 Å². The summed E-state index contributed by atoms with van der Waals surface area (Å²) in [7, 11) is -3.70. The summed E-state index contributed by atoms with van der Waals surface area (Å²) in [5, 5.41) is 2.83. The minimum atomic E-state index is -3.70. The maximum absolute atomic E-state index is 13.0. The number of nitrogens with one attached hydrogen (secondary N) is 1. The van der Waals surface area contributed by atoms with E-state index in [1.807, 2.05) is 31.2 Å². The van der Waals surface area contributed by atoms with Crippen LogP contribution in [0.3, 0.4) is 0 Å². The van der Waals surface area contributed by atoms with Gasteiger partial charge in [0.2, 0.25) is 10.0 Å². The van der Waals surface area contributed by atoms with E-state index in [0.29, 0.717) is 61.2 Å². The molecule has 0 atom stereocenters. The summed E-state index contributed by atoms with van der Waals surface area (Å²) in [6, 6.07) is 18.9. The van der Waals surface area contributed by atoms with Crippen LogP contribution in [0.1, 0.15) is 22.8 Å². The average Bonchev–Trinajstić information content (AvgIpc) is 2.87. The van der Waals surface area contributed by atoms with Crippen LogP contribution in [0.5, 0.6) is 17.2 Å². The van der Waals surface area contributed by atoms with Crippen molar-refractivity contribution in [3.05, 3.63) is 77.9 Å². The number of rotatable bonds is 8. The fraction of sp³-hybridized carbons (Fsp3) is 0.269. The molecule has 0 bridgehead atoms. The quantitative estimate of drug-likeness (QED) is 0.495. The second kappa shape index (κ2) is 10.9. The van der Waals surface area contributed by atoms with Crippen LogP contribution in [0.25, 0.3) is 0 Å². The minimum absolute atomic E-state index is 0.0919. The molecule has 0 aliphatic carbocycles. The number of carbonyl (C=O) groups excluding carboxylic acids is 1. The standard InChI is InChI=1S/C26H28N2O6S/c1-3-33-21-9-11-23(12-10-21)34-22-7-5-20(6-8-22)27-26(29)25-18-24(13-4-19(25)2)35(30,31)28-14-16-32-17-15-28/h4-13,18H,3,14-17H2,1-2H3,(H,27,29). The third-order valence-corrected chi connectivity index (χ3v) is 7.44. The van der Waals surface area contributed by atoms with Crippen molar-refractivity contribution >= 4 is 21.6 Å². The Morgan fingerprint density at radius 1 is 0.943 bits per heavy atom. The van der Waals surface area contributed by atoms with Crippen molar-refractivity contribution < 1.29 is 27.4 Å². The first-order chi connectivity index (χ1) is 16.9. The second-order valence-corrected chi connectivity index (χ2v) is 9.92. The highest BCUT2D eigenvalue weighted by Gasteiger charge is 2.27. The van der Waals surface area contributed by atoms with Crippen molar-refractivity contribution in [2.75, 3.05) is 38.2 Å². The maximum Gasteiger partial charge on any atom is 0.255 e. The molecule has 1 heterocycles. The van der Waals surface area contributed by atoms with Crippen LogP contribution in [0, 0.1) is 6.92 Å². The Morgan fingerprint density at radius 2 is 1.54 bits per heavy atom. The molecule has 1 saturated heterocycles. The Kier molecular flexibility index (Phi) is 7.70. The number of sulfonamides is 1. The zero-order chi connectivity index (χ0) is 24.8. The van der Waals surface area contributed by atoms with E-state index in [2.05, 4.69) is 5.32 Å². The lowest BCUT2D eigenvalue weighted by molar-refractivity contribution is 0.0730. The van der Waals surface area contributed by atoms with Gasteiger partial charge in [0, 0.05) is 24.3 Å². The third kappa shape index (κ3) is 6.00. The highest BCUT2D eigenvalue weighted by atomic mass is 32.2. The van der Waals surface area contributed by atoms with E-state index in [1.54, 1.807) is 37.3 Å². The van der Waals surface area contributed by atoms with E-state index in [-0.39, 0.29) is 10.8 Å². The number of carbonyl (C=O) groups is 1. The van der Waals surface area contributed by atoms with E-state index >= 15 is 0 Å². The summed E-state index contributed by atoms with van der Waals surface area (Å²) in [5.41, 5.74) is 1.54. The highest BCUT2D eigenvalue weighted by molar-refractivity contribution is 7.89. The van der Waals surface area contributed by atoms with Gasteiger partial charge in [-0.25, -0.2) is 8.42 Å². The Balaban J connectivity index is 1.44. The van der Waals surface area contributed by atoms with Gasteiger partial charge in [-0.05, 0) is 80.1 Å². The first-order valence-electron chi connectivity index (χ1n) is 11.4. The lowest BCUT2D eigenvalue weighted by Gasteiger charge is -2.26. The van der Waals surface area contributed by atoms with Crippen molar-refractivity contribution in [3.8, 4) is 17.2 Å². The number of hydrogen-bond acceptors (Lipinski definition) is 6. The number of aryl methyl sites for hydroxylation is 1. The fourth-order valence-corrected chi connectivity index (χ4v) is 5.09. The molecule has 1 fully saturated rings. The van der Waals surface area contributed by atoms with Gasteiger partial charge in [0.05, 0.1) is 24.7 Å². The van der Waals surface area contributed by atoms with Gasteiger partial charge in [-0.2, -0.15) is 4.31 Å². The van der Waals surface area contributed by atoms with Crippen molar-refractivity contribution in [3.63, 3.8) is 0 Å². The first kappa shape index (κ1) is 24.7. The van der Waals surface area contributed by atoms with Gasteiger partial charge in [-0.1, -0.05) is 6.07 Å². The van der Waals surface area contributed by atoms with Crippen molar-refractivity contribution in [1.29, 1.82) is 0 Å². The molecule has 0 unspecified atom stereocenters. The van der Waals surface area contributed by atoms with E-state index < -0.39 is 10.0 Å². The van der Waals surface area contributed by atoms with Crippen molar-refractivity contribution in [1.82, 2.24) is 4.31 Å². The molecule has 184 valence electrons. The van der Waals surface area contributed by atoms with E-state index in [4.69, 9.17) is 14.2 Å². The number of hydrogen-bond donors (Lipinski definition) is 1. The van der Waals surface area contributed by atoms with E-state index in [1.165, 1.54) is 16.4 Å². The number of morpholine rings is 1. The summed E-state index contributed by atoms with van der Waals surface area (Å²) >= 11 is 0. The molecular formula is C26H28N2O6S. The molecule has 0 radical (unpaired) electrons. The van der Waals surface area contributed by atoms with Gasteiger partial charge in [-0.3, -0.25) is 4.79 Å². The van der Waals surface area contributed by atoms with Crippen LogP contribution in [-0.2, 0) is 14.8 Å². The molecule has 1 amide bonds. The Hall–Kier alpha value is -3.40. The van der Waals surface area contributed by atoms with Gasteiger partial charge in [0.1, 0.15) is 17.2 Å². The molecule has 0 aromatic heterocycles. The predicted molar refractivity (Wildman–Crippen MR) is 133 cm³/mol. The Morgan fingerprint density at radius 3 is 2.17 bits per heavy atom. The molecule has 3 aromatic rings. The summed E-state index contributed by atoms with van der Waals surface area (Å²) in [5.74, 6) is 1.66. The number of ether oxygens (including phenoxy) is 3. The third-order valence-electron chi connectivity index (χ3n) is 5.54. The van der Waals surface area contributed by atoms with Crippen LogP contribution in [0.2, 0.25) is 0 Å². The van der Waals surface area contributed by atoms with Gasteiger partial charge in [0.15, 0.2) is 0 Å². The molecule has 8 nitrogen and oxygen atoms in total. The van der Waals surface area contributed by atoms with Crippen molar-refractivity contribution in [2.45, 2.75) is 18.7 Å². The van der Waals surface area contributed by atoms with Crippen LogP contribution < -0.4 is 14.8 Å². The van der Waals surface area contributed by atoms with Crippen LogP contribution in [0.15, 0.2) is 71.6 Å². The number of anilines is 1. The van der Waals surface area contributed by atoms with E-state index in [0.717, 1.165) is 5.75 Å². The maximum atomic E-state index is 13.0. The summed E-state index contributed by atoms with van der Waals surface area (Å²) in [4.78, 5) is 13.1. The molecule has 1 aliphatic heterocycles. The molecule has 0 saturated carbocycles. The zero-order valence-corrected chi connectivity index (χ0v) is 20.5. The monoisotopic (exact) mass is 496 g/mol. The fourth-order valence-electron chi connectivity index (χ4n) is 3.65. The van der Waals surface area contributed by atoms with Crippen molar-refractivity contribution in [2.24, 2.45) is 0 Å².